The minimum Gasteiger partial charge on any atom is -0.466 e. The summed E-state index contributed by atoms with van der Waals surface area (Å²) in [6.45, 7) is 2.24. The van der Waals surface area contributed by atoms with Crippen LogP contribution in [0.15, 0.2) is 22.8 Å². The van der Waals surface area contributed by atoms with Gasteiger partial charge in [0, 0.05) is 22.8 Å². The molecule has 0 bridgehead atoms. The summed E-state index contributed by atoms with van der Waals surface area (Å²) in [6.07, 6.45) is 2.75. The molecule has 0 unspecified atom stereocenters. The van der Waals surface area contributed by atoms with Gasteiger partial charge in [0.05, 0.1) is 13.0 Å². The molecule has 76 valence electrons. The normalized spacial score (nSPS) is 9.86. The number of carbonyl (C=O) groups is 1. The second kappa shape index (κ2) is 5.75. The molecule has 0 amide bonds. The van der Waals surface area contributed by atoms with Crippen LogP contribution in [0.3, 0.4) is 0 Å². The van der Waals surface area contributed by atoms with E-state index >= 15 is 0 Å². The Bertz CT molecular complexity index is 297. The van der Waals surface area contributed by atoms with Gasteiger partial charge in [-0.25, -0.2) is 0 Å². The zero-order valence-electron chi connectivity index (χ0n) is 8.00. The maximum atomic E-state index is 11.0. The number of esters is 1. The molecular weight excluding hydrogens is 246 g/mol. The Morgan fingerprint density at radius 2 is 2.36 bits per heavy atom. The highest BCUT2D eigenvalue weighted by atomic mass is 79.9. The fourth-order valence-electron chi connectivity index (χ4n) is 1.02. The van der Waals surface area contributed by atoms with E-state index < -0.39 is 0 Å². The third kappa shape index (κ3) is 3.87. The number of hydrogen-bond acceptors (Lipinski definition) is 3. The number of ether oxygens (including phenoxy) is 1. The standard InChI is InChI=1S/C10H12BrNO2/c1-2-14-10(13)6-5-9-4-3-8(11)7-12-9/h3-4,7H,2,5-6H2,1H3. The molecule has 0 aliphatic carbocycles. The average molecular weight is 258 g/mol. The Labute approximate surface area is 91.6 Å². The molecule has 0 radical (unpaired) electrons. The average Bonchev–Trinajstić information content (AvgIpc) is 2.17. The van der Waals surface area contributed by atoms with Gasteiger partial charge in [-0.2, -0.15) is 0 Å². The first-order valence-electron chi connectivity index (χ1n) is 4.48. The lowest BCUT2D eigenvalue weighted by Gasteiger charge is -2.01. The van der Waals surface area contributed by atoms with E-state index in [-0.39, 0.29) is 5.97 Å². The predicted molar refractivity (Wildman–Crippen MR) is 56.9 cm³/mol. The van der Waals surface area contributed by atoms with Gasteiger partial charge in [0.1, 0.15) is 0 Å². The number of hydrogen-bond donors (Lipinski definition) is 0. The van der Waals surface area contributed by atoms with E-state index in [1.54, 1.807) is 13.1 Å². The quantitative estimate of drug-likeness (QED) is 0.778. The topological polar surface area (TPSA) is 39.2 Å². The van der Waals surface area contributed by atoms with Gasteiger partial charge in [0.2, 0.25) is 0 Å². The Morgan fingerprint density at radius 3 is 2.93 bits per heavy atom. The van der Waals surface area contributed by atoms with E-state index in [2.05, 4.69) is 20.9 Å². The third-order valence-electron chi connectivity index (χ3n) is 1.68. The Hall–Kier alpha value is -0.900. The van der Waals surface area contributed by atoms with Crippen LogP contribution < -0.4 is 0 Å². The van der Waals surface area contributed by atoms with Crippen molar-refractivity contribution in [3.63, 3.8) is 0 Å². The summed E-state index contributed by atoms with van der Waals surface area (Å²) >= 11 is 3.30. The summed E-state index contributed by atoms with van der Waals surface area (Å²) < 4.78 is 5.75. The molecule has 0 aromatic carbocycles. The molecule has 0 N–H and O–H groups in total. The molecule has 0 aliphatic rings. The minimum absolute atomic E-state index is 0.169. The lowest BCUT2D eigenvalue weighted by Crippen LogP contribution is -2.05. The Kier molecular flexibility index (Phi) is 4.59. The van der Waals surface area contributed by atoms with Gasteiger partial charge in [0.15, 0.2) is 0 Å². The second-order valence-corrected chi connectivity index (χ2v) is 3.69. The van der Waals surface area contributed by atoms with Gasteiger partial charge >= 0.3 is 5.97 Å². The van der Waals surface area contributed by atoms with Crippen molar-refractivity contribution in [2.75, 3.05) is 6.61 Å². The number of aromatic nitrogens is 1. The van der Waals surface area contributed by atoms with Crippen LogP contribution in [-0.4, -0.2) is 17.6 Å². The zero-order chi connectivity index (χ0) is 10.4. The summed E-state index contributed by atoms with van der Waals surface area (Å²) in [5.41, 5.74) is 0.904. The summed E-state index contributed by atoms with van der Waals surface area (Å²) in [7, 11) is 0. The second-order valence-electron chi connectivity index (χ2n) is 2.77. The smallest absolute Gasteiger partial charge is 0.306 e. The molecule has 0 spiro atoms. The van der Waals surface area contributed by atoms with Crippen molar-refractivity contribution in [1.82, 2.24) is 4.98 Å². The SMILES string of the molecule is CCOC(=O)CCc1ccc(Br)cn1. The molecule has 1 aromatic rings. The number of nitrogens with zero attached hydrogens (tertiary/aromatic N) is 1. The van der Waals surface area contributed by atoms with E-state index in [1.165, 1.54) is 0 Å². The molecular formula is C10H12BrNO2. The summed E-state index contributed by atoms with van der Waals surface area (Å²) in [5, 5.41) is 0. The van der Waals surface area contributed by atoms with Crippen molar-refractivity contribution in [3.05, 3.63) is 28.5 Å². The van der Waals surface area contributed by atoms with Crippen LogP contribution in [0.5, 0.6) is 0 Å². The predicted octanol–water partition coefficient (Wildman–Crippen LogP) is 2.34. The largest absolute Gasteiger partial charge is 0.466 e. The molecule has 1 heterocycles. The third-order valence-corrected chi connectivity index (χ3v) is 2.15. The zero-order valence-corrected chi connectivity index (χ0v) is 9.58. The number of aryl methyl sites for hydroxylation is 1. The number of pyridine rings is 1. The van der Waals surface area contributed by atoms with Crippen molar-refractivity contribution in [1.29, 1.82) is 0 Å². The van der Waals surface area contributed by atoms with Crippen molar-refractivity contribution >= 4 is 21.9 Å². The molecule has 3 nitrogen and oxygen atoms in total. The van der Waals surface area contributed by atoms with E-state index in [4.69, 9.17) is 4.74 Å². The fourth-order valence-corrected chi connectivity index (χ4v) is 1.25. The molecule has 1 rings (SSSR count). The lowest BCUT2D eigenvalue weighted by atomic mass is 10.2. The van der Waals surface area contributed by atoms with Gasteiger partial charge in [-0.1, -0.05) is 0 Å². The van der Waals surface area contributed by atoms with Crippen LogP contribution in [0.1, 0.15) is 19.0 Å². The van der Waals surface area contributed by atoms with Gasteiger partial charge in [-0.15, -0.1) is 0 Å². The number of carbonyl (C=O) groups excluding carboxylic acids is 1. The monoisotopic (exact) mass is 257 g/mol. The van der Waals surface area contributed by atoms with Crippen molar-refractivity contribution in [3.8, 4) is 0 Å². The molecule has 0 saturated heterocycles. The van der Waals surface area contributed by atoms with Crippen LogP contribution in [-0.2, 0) is 16.0 Å². The number of rotatable bonds is 4. The molecule has 1 aromatic heterocycles. The first kappa shape index (κ1) is 11.2. The fraction of sp³-hybridized carbons (Fsp3) is 0.400. The van der Waals surface area contributed by atoms with E-state index in [9.17, 15) is 4.79 Å². The molecule has 0 aliphatic heterocycles. The van der Waals surface area contributed by atoms with E-state index in [0.29, 0.717) is 19.4 Å². The summed E-state index contributed by atoms with van der Waals surface area (Å²) in [4.78, 5) is 15.2. The highest BCUT2D eigenvalue weighted by Gasteiger charge is 2.02. The Balaban J connectivity index is 2.38. The molecule has 4 heteroatoms. The van der Waals surface area contributed by atoms with Crippen LogP contribution in [0.2, 0.25) is 0 Å². The summed E-state index contributed by atoms with van der Waals surface area (Å²) in [5.74, 6) is -0.169. The first-order chi connectivity index (χ1) is 6.72. The minimum atomic E-state index is -0.169. The Morgan fingerprint density at radius 1 is 1.57 bits per heavy atom. The van der Waals surface area contributed by atoms with Crippen LogP contribution >= 0.6 is 15.9 Å². The molecule has 0 saturated carbocycles. The highest BCUT2D eigenvalue weighted by molar-refractivity contribution is 9.10. The van der Waals surface area contributed by atoms with Gasteiger partial charge in [-0.3, -0.25) is 9.78 Å². The first-order valence-corrected chi connectivity index (χ1v) is 5.27. The van der Waals surface area contributed by atoms with Crippen molar-refractivity contribution in [2.24, 2.45) is 0 Å². The van der Waals surface area contributed by atoms with E-state index in [1.807, 2.05) is 12.1 Å². The van der Waals surface area contributed by atoms with Crippen LogP contribution in [0, 0.1) is 0 Å². The van der Waals surface area contributed by atoms with Gasteiger partial charge in [-0.05, 0) is 35.0 Å². The lowest BCUT2D eigenvalue weighted by molar-refractivity contribution is -0.143. The van der Waals surface area contributed by atoms with Crippen molar-refractivity contribution < 1.29 is 9.53 Å². The maximum Gasteiger partial charge on any atom is 0.306 e. The van der Waals surface area contributed by atoms with Crippen LogP contribution in [0.4, 0.5) is 0 Å². The number of halogens is 1. The van der Waals surface area contributed by atoms with E-state index in [0.717, 1.165) is 10.2 Å². The van der Waals surface area contributed by atoms with Crippen molar-refractivity contribution in [2.45, 2.75) is 19.8 Å². The molecule has 14 heavy (non-hydrogen) atoms. The summed E-state index contributed by atoms with van der Waals surface area (Å²) in [6, 6.07) is 3.80. The van der Waals surface area contributed by atoms with Gasteiger partial charge in [0.25, 0.3) is 0 Å². The van der Waals surface area contributed by atoms with Crippen LogP contribution in [0.25, 0.3) is 0 Å². The highest BCUT2D eigenvalue weighted by Crippen LogP contribution is 2.08. The maximum absolute atomic E-state index is 11.0. The van der Waals surface area contributed by atoms with Gasteiger partial charge < -0.3 is 4.74 Å². The molecule has 0 fully saturated rings. The molecule has 0 atom stereocenters.